The summed E-state index contributed by atoms with van der Waals surface area (Å²) in [7, 11) is -3.40. The predicted octanol–water partition coefficient (Wildman–Crippen LogP) is 2.43. The monoisotopic (exact) mass is 310 g/mol. The molecule has 2 bridgehead atoms. The van der Waals surface area contributed by atoms with E-state index in [1.807, 2.05) is 0 Å². The van der Waals surface area contributed by atoms with Gasteiger partial charge in [-0.15, -0.1) is 0 Å². The highest BCUT2D eigenvalue weighted by atomic mass is 32.2. The molecule has 2 N–H and O–H groups in total. The van der Waals surface area contributed by atoms with Crippen LogP contribution in [0.25, 0.3) is 0 Å². The lowest BCUT2D eigenvalue weighted by Crippen LogP contribution is -2.52. The van der Waals surface area contributed by atoms with Crippen molar-refractivity contribution in [2.45, 2.75) is 49.1 Å². The van der Waals surface area contributed by atoms with E-state index in [4.69, 9.17) is 5.73 Å². The molecule has 2 heterocycles. The molecule has 1 aromatic rings. The molecule has 0 amide bonds. The summed E-state index contributed by atoms with van der Waals surface area (Å²) in [5.41, 5.74) is 5.87. The van der Waals surface area contributed by atoms with E-state index in [9.17, 15) is 12.8 Å². The van der Waals surface area contributed by atoms with Gasteiger partial charge in [0.15, 0.2) is 9.84 Å². The van der Waals surface area contributed by atoms with Crippen LogP contribution in [0.1, 0.15) is 39.2 Å². The lowest BCUT2D eigenvalue weighted by molar-refractivity contribution is 0.424. The van der Waals surface area contributed by atoms with Crippen molar-refractivity contribution in [3.8, 4) is 0 Å². The zero-order chi connectivity index (χ0) is 15.6. The minimum atomic E-state index is -3.40. The highest BCUT2D eigenvalue weighted by Gasteiger charge is 2.62. The van der Waals surface area contributed by atoms with Crippen LogP contribution in [0.4, 0.5) is 10.1 Å². The summed E-state index contributed by atoms with van der Waals surface area (Å²) in [6.07, 6.45) is 1.03. The zero-order valence-electron chi connectivity index (χ0n) is 12.4. The predicted molar refractivity (Wildman–Crippen MR) is 81.6 cm³/mol. The van der Waals surface area contributed by atoms with E-state index in [-0.39, 0.29) is 5.56 Å². The second-order valence-electron chi connectivity index (χ2n) is 6.39. The number of nitrogen functional groups attached to an aromatic ring is 1. The van der Waals surface area contributed by atoms with Crippen LogP contribution in [0.3, 0.4) is 0 Å². The van der Waals surface area contributed by atoms with Gasteiger partial charge in [0.1, 0.15) is 16.1 Å². The topological polar surface area (TPSA) is 72.5 Å². The molecule has 2 aliphatic rings. The lowest BCUT2D eigenvalue weighted by Gasteiger charge is -2.39. The Morgan fingerprint density at radius 3 is 2.71 bits per heavy atom. The number of fused-ring (bicyclic) bond motifs is 2. The number of hydrogen-bond acceptors (Lipinski definition) is 4. The van der Waals surface area contributed by atoms with Crippen LogP contribution in [-0.4, -0.2) is 24.1 Å². The average molecular weight is 310 g/mol. The molecule has 0 aliphatic carbocycles. The van der Waals surface area contributed by atoms with Gasteiger partial charge in [0.2, 0.25) is 0 Å². The van der Waals surface area contributed by atoms with E-state index in [2.05, 4.69) is 4.99 Å². The molecule has 114 valence electrons. The normalized spacial score (nSPS) is 37.3. The van der Waals surface area contributed by atoms with Crippen molar-refractivity contribution < 1.29 is 12.8 Å². The summed E-state index contributed by atoms with van der Waals surface area (Å²) in [6.45, 7) is 5.14. The summed E-state index contributed by atoms with van der Waals surface area (Å²) in [5, 5.41) is -0.699. The Morgan fingerprint density at radius 2 is 2.05 bits per heavy atom. The smallest absolute Gasteiger partial charge is 0.166 e. The molecule has 0 saturated carbocycles. The first-order valence-electron chi connectivity index (χ1n) is 6.99. The number of hydrogen-bond donors (Lipinski definition) is 1. The van der Waals surface area contributed by atoms with E-state index >= 15 is 0 Å². The van der Waals surface area contributed by atoms with Gasteiger partial charge in [-0.25, -0.2) is 12.8 Å². The number of sulfone groups is 1. The van der Waals surface area contributed by atoms with Crippen LogP contribution in [-0.2, 0) is 15.4 Å². The van der Waals surface area contributed by atoms with Crippen molar-refractivity contribution in [3.63, 3.8) is 0 Å². The molecule has 0 radical (unpaired) electrons. The van der Waals surface area contributed by atoms with Gasteiger partial charge in [0.05, 0.1) is 5.25 Å². The third-order valence-corrected chi connectivity index (χ3v) is 8.41. The van der Waals surface area contributed by atoms with Gasteiger partial charge in [-0.2, -0.15) is 0 Å². The molecular formula is C15H19FN2O2S. The summed E-state index contributed by atoms with van der Waals surface area (Å²) >= 11 is 0. The van der Waals surface area contributed by atoms with Crippen LogP contribution in [0.15, 0.2) is 23.2 Å². The quantitative estimate of drug-likeness (QED) is 0.810. The standard InChI is InChI=1S/C15H19FN2O2S/c1-9-14(2)7-6-13(21(14,19)20)15(3,18-9)11-8-10(17)4-5-12(11)16/h4-5,8,13H,6-7,17H2,1-3H3/t13-,14+,15+/m0/s1. The molecular weight excluding hydrogens is 291 g/mol. The molecule has 3 rings (SSSR count). The minimum Gasteiger partial charge on any atom is -0.399 e. The van der Waals surface area contributed by atoms with Crippen molar-refractivity contribution in [3.05, 3.63) is 29.6 Å². The number of nitrogens with zero attached hydrogens (tertiary/aromatic N) is 1. The Morgan fingerprint density at radius 1 is 1.38 bits per heavy atom. The van der Waals surface area contributed by atoms with Crippen molar-refractivity contribution in [1.29, 1.82) is 0 Å². The maximum Gasteiger partial charge on any atom is 0.166 e. The maximum absolute atomic E-state index is 14.3. The molecule has 21 heavy (non-hydrogen) atoms. The number of rotatable bonds is 1. The zero-order valence-corrected chi connectivity index (χ0v) is 13.2. The SMILES string of the molecule is CC1=N[C@](C)(c2cc(N)ccc2F)[C@@H]2CC[C@@]1(C)S2(=O)=O. The van der Waals surface area contributed by atoms with E-state index in [1.54, 1.807) is 20.8 Å². The average Bonchev–Trinajstić information content (AvgIpc) is 2.57. The highest BCUT2D eigenvalue weighted by molar-refractivity contribution is 7.94. The second kappa shape index (κ2) is 4.06. The van der Waals surface area contributed by atoms with E-state index < -0.39 is 31.2 Å². The molecule has 0 aromatic heterocycles. The Kier molecular flexibility index (Phi) is 2.81. The Labute approximate surface area is 124 Å². The number of benzene rings is 1. The molecule has 1 saturated heterocycles. The highest BCUT2D eigenvalue weighted by Crippen LogP contribution is 2.52. The first-order valence-corrected chi connectivity index (χ1v) is 8.53. The van der Waals surface area contributed by atoms with E-state index in [0.29, 0.717) is 24.2 Å². The van der Waals surface area contributed by atoms with E-state index in [1.165, 1.54) is 18.2 Å². The van der Waals surface area contributed by atoms with Crippen molar-refractivity contribution in [2.24, 2.45) is 4.99 Å². The van der Waals surface area contributed by atoms with Crippen molar-refractivity contribution in [2.75, 3.05) is 5.73 Å². The van der Waals surface area contributed by atoms with Crippen LogP contribution in [0.2, 0.25) is 0 Å². The summed E-state index contributed by atoms with van der Waals surface area (Å²) in [5.74, 6) is -0.464. The van der Waals surface area contributed by atoms with Crippen molar-refractivity contribution >= 4 is 21.2 Å². The molecule has 1 fully saturated rings. The van der Waals surface area contributed by atoms with Gasteiger partial charge in [-0.1, -0.05) is 0 Å². The summed E-state index contributed by atoms with van der Waals surface area (Å²) < 4.78 is 39.1. The first kappa shape index (κ1) is 14.5. The van der Waals surface area contributed by atoms with Gasteiger partial charge < -0.3 is 5.73 Å². The van der Waals surface area contributed by atoms with Crippen LogP contribution in [0, 0.1) is 5.82 Å². The largest absolute Gasteiger partial charge is 0.399 e. The molecule has 3 atom stereocenters. The van der Waals surface area contributed by atoms with Gasteiger partial charge in [0, 0.05) is 17.0 Å². The Balaban J connectivity index is 2.30. The fraction of sp³-hybridized carbons (Fsp3) is 0.533. The molecule has 2 aliphatic heterocycles. The fourth-order valence-electron chi connectivity index (χ4n) is 3.69. The number of aliphatic imine (C=N–C) groups is 1. The van der Waals surface area contributed by atoms with E-state index in [0.717, 1.165) is 0 Å². The summed E-state index contributed by atoms with van der Waals surface area (Å²) in [6, 6.07) is 4.24. The number of halogens is 1. The molecule has 0 unspecified atom stereocenters. The van der Waals surface area contributed by atoms with Crippen LogP contribution < -0.4 is 5.73 Å². The van der Waals surface area contributed by atoms with Crippen LogP contribution >= 0.6 is 0 Å². The molecule has 4 nitrogen and oxygen atoms in total. The second-order valence-corrected chi connectivity index (χ2v) is 8.95. The number of anilines is 1. The fourth-order valence-corrected chi connectivity index (χ4v) is 6.39. The van der Waals surface area contributed by atoms with Crippen molar-refractivity contribution in [1.82, 2.24) is 0 Å². The van der Waals surface area contributed by atoms with Gasteiger partial charge in [-0.3, -0.25) is 4.99 Å². The van der Waals surface area contributed by atoms with Gasteiger partial charge in [0.25, 0.3) is 0 Å². The van der Waals surface area contributed by atoms with Crippen LogP contribution in [0.5, 0.6) is 0 Å². The molecule has 0 spiro atoms. The molecule has 1 aromatic carbocycles. The van der Waals surface area contributed by atoms with Gasteiger partial charge >= 0.3 is 0 Å². The first-order chi connectivity index (χ1) is 9.63. The third kappa shape index (κ3) is 1.65. The third-order valence-electron chi connectivity index (χ3n) is 5.21. The summed E-state index contributed by atoms with van der Waals surface area (Å²) in [4.78, 5) is 4.62. The Bertz CT molecular complexity index is 759. The maximum atomic E-state index is 14.3. The Hall–Kier alpha value is -1.43. The number of nitrogens with two attached hydrogens (primary N) is 1. The minimum absolute atomic E-state index is 0.263. The lowest BCUT2D eigenvalue weighted by atomic mass is 9.86. The molecule has 6 heteroatoms. The van der Waals surface area contributed by atoms with Gasteiger partial charge in [-0.05, 0) is 51.8 Å².